The van der Waals surface area contributed by atoms with Gasteiger partial charge in [-0.2, -0.15) is 0 Å². The number of nitrogens with zero attached hydrogens (tertiary/aromatic N) is 1. The average molecular weight is 266 g/mol. The van der Waals surface area contributed by atoms with E-state index in [0.29, 0.717) is 12.1 Å². The summed E-state index contributed by atoms with van der Waals surface area (Å²) < 4.78 is 0. The van der Waals surface area contributed by atoms with Gasteiger partial charge in [-0.3, -0.25) is 4.90 Å². The second kappa shape index (κ2) is 7.08. The normalized spacial score (nSPS) is 33.5. The van der Waals surface area contributed by atoms with Gasteiger partial charge < -0.3 is 5.73 Å². The van der Waals surface area contributed by atoms with E-state index in [1.807, 2.05) is 0 Å². The van der Waals surface area contributed by atoms with Gasteiger partial charge in [0, 0.05) is 24.7 Å². The predicted molar refractivity (Wildman–Crippen MR) is 83.2 cm³/mol. The Hall–Kier alpha value is -0.0800. The van der Waals surface area contributed by atoms with Crippen LogP contribution in [0.3, 0.4) is 0 Å². The summed E-state index contributed by atoms with van der Waals surface area (Å²) >= 11 is 0. The van der Waals surface area contributed by atoms with E-state index in [1.54, 1.807) is 0 Å². The molecular formula is C17H34N2. The van der Waals surface area contributed by atoms with Crippen LogP contribution in [0.2, 0.25) is 0 Å². The van der Waals surface area contributed by atoms with Crippen molar-refractivity contribution in [2.75, 3.05) is 6.54 Å². The molecule has 2 N–H and O–H groups in total. The fourth-order valence-electron chi connectivity index (χ4n) is 4.22. The summed E-state index contributed by atoms with van der Waals surface area (Å²) in [5.74, 6) is 1.68. The molecule has 0 spiro atoms. The molecule has 0 aromatic heterocycles. The lowest BCUT2D eigenvalue weighted by Crippen LogP contribution is -2.55. The van der Waals surface area contributed by atoms with Gasteiger partial charge in [-0.1, -0.05) is 40.0 Å². The van der Waals surface area contributed by atoms with Crippen LogP contribution in [-0.4, -0.2) is 29.6 Å². The van der Waals surface area contributed by atoms with Gasteiger partial charge in [-0.15, -0.1) is 0 Å². The van der Waals surface area contributed by atoms with Crippen LogP contribution in [0.1, 0.15) is 72.1 Å². The summed E-state index contributed by atoms with van der Waals surface area (Å²) in [6.45, 7) is 8.31. The minimum absolute atomic E-state index is 0.419. The Morgan fingerprint density at radius 1 is 1.11 bits per heavy atom. The molecule has 0 radical (unpaired) electrons. The van der Waals surface area contributed by atoms with Gasteiger partial charge in [-0.05, 0) is 43.9 Å². The average Bonchev–Trinajstić information content (AvgIpc) is 2.90. The molecule has 2 rings (SSSR count). The molecule has 2 fully saturated rings. The highest BCUT2D eigenvalue weighted by Crippen LogP contribution is 2.34. The summed E-state index contributed by atoms with van der Waals surface area (Å²) in [4.78, 5) is 2.82. The van der Waals surface area contributed by atoms with Crippen LogP contribution in [0, 0.1) is 11.8 Å². The van der Waals surface area contributed by atoms with Crippen molar-refractivity contribution < 1.29 is 0 Å². The molecule has 2 aliphatic carbocycles. The van der Waals surface area contributed by atoms with Gasteiger partial charge in [-0.25, -0.2) is 0 Å². The van der Waals surface area contributed by atoms with Crippen molar-refractivity contribution in [3.05, 3.63) is 0 Å². The summed E-state index contributed by atoms with van der Waals surface area (Å²) in [6, 6.07) is 1.90. The van der Waals surface area contributed by atoms with Gasteiger partial charge in [0.25, 0.3) is 0 Å². The van der Waals surface area contributed by atoms with E-state index in [4.69, 9.17) is 5.73 Å². The lowest BCUT2D eigenvalue weighted by Gasteiger charge is -2.45. The molecule has 2 aliphatic rings. The zero-order chi connectivity index (χ0) is 13.8. The molecule has 0 heterocycles. The Morgan fingerprint density at radius 2 is 1.79 bits per heavy atom. The minimum Gasteiger partial charge on any atom is -0.326 e. The summed E-state index contributed by atoms with van der Waals surface area (Å²) in [7, 11) is 0. The van der Waals surface area contributed by atoms with E-state index in [1.165, 1.54) is 57.9 Å². The first-order valence-electron chi connectivity index (χ1n) is 8.63. The molecule has 0 aromatic rings. The third kappa shape index (κ3) is 3.95. The summed E-state index contributed by atoms with van der Waals surface area (Å²) in [5.41, 5.74) is 6.50. The van der Waals surface area contributed by atoms with Crippen LogP contribution in [0.15, 0.2) is 0 Å². The van der Waals surface area contributed by atoms with Crippen molar-refractivity contribution in [1.29, 1.82) is 0 Å². The third-order valence-electron chi connectivity index (χ3n) is 5.35. The molecule has 0 bridgehead atoms. The van der Waals surface area contributed by atoms with Crippen molar-refractivity contribution in [3.63, 3.8) is 0 Å². The molecule has 0 aromatic carbocycles. The monoisotopic (exact) mass is 266 g/mol. The quantitative estimate of drug-likeness (QED) is 0.820. The van der Waals surface area contributed by atoms with Crippen LogP contribution >= 0.6 is 0 Å². The van der Waals surface area contributed by atoms with Crippen LogP contribution in [0.5, 0.6) is 0 Å². The lowest BCUT2D eigenvalue weighted by atomic mass is 9.80. The molecule has 112 valence electrons. The first kappa shape index (κ1) is 15.3. The van der Waals surface area contributed by atoms with Gasteiger partial charge in [0.05, 0.1) is 0 Å². The maximum atomic E-state index is 6.50. The predicted octanol–water partition coefficient (Wildman–Crippen LogP) is 3.79. The van der Waals surface area contributed by atoms with E-state index in [0.717, 1.165) is 17.9 Å². The smallest absolute Gasteiger partial charge is 0.0252 e. The molecule has 2 saturated carbocycles. The van der Waals surface area contributed by atoms with Gasteiger partial charge >= 0.3 is 0 Å². The Labute approximate surface area is 120 Å². The number of hydrogen-bond acceptors (Lipinski definition) is 2. The molecule has 0 saturated heterocycles. The topological polar surface area (TPSA) is 29.3 Å². The highest BCUT2D eigenvalue weighted by molar-refractivity contribution is 4.93. The highest BCUT2D eigenvalue weighted by atomic mass is 15.2. The second-order valence-corrected chi connectivity index (χ2v) is 7.35. The Balaban J connectivity index is 2.05. The van der Waals surface area contributed by atoms with Gasteiger partial charge in [0.1, 0.15) is 0 Å². The molecule has 19 heavy (non-hydrogen) atoms. The van der Waals surface area contributed by atoms with Crippen molar-refractivity contribution >= 4 is 0 Å². The highest BCUT2D eigenvalue weighted by Gasteiger charge is 2.36. The van der Waals surface area contributed by atoms with E-state index in [9.17, 15) is 0 Å². The second-order valence-electron chi connectivity index (χ2n) is 7.35. The largest absolute Gasteiger partial charge is 0.326 e. The molecule has 0 aliphatic heterocycles. The van der Waals surface area contributed by atoms with E-state index in [-0.39, 0.29) is 0 Å². The summed E-state index contributed by atoms with van der Waals surface area (Å²) in [6.07, 6.45) is 11.0. The molecule has 0 amide bonds. The van der Waals surface area contributed by atoms with E-state index in [2.05, 4.69) is 25.7 Å². The fraction of sp³-hybridized carbons (Fsp3) is 1.00. The maximum absolute atomic E-state index is 6.50. The van der Waals surface area contributed by atoms with Gasteiger partial charge in [0.2, 0.25) is 0 Å². The molecule has 2 heteroatoms. The standard InChI is InChI=1S/C17H34N2/c1-4-14-9-10-16(18)17(11-14)19(12-13(2)3)15-7-5-6-8-15/h13-17H,4-12,18H2,1-3H3. The zero-order valence-corrected chi connectivity index (χ0v) is 13.3. The van der Waals surface area contributed by atoms with E-state index < -0.39 is 0 Å². The van der Waals surface area contributed by atoms with Crippen molar-refractivity contribution in [2.45, 2.75) is 90.3 Å². The van der Waals surface area contributed by atoms with Crippen molar-refractivity contribution in [2.24, 2.45) is 17.6 Å². The molecule has 3 atom stereocenters. The third-order valence-corrected chi connectivity index (χ3v) is 5.35. The number of rotatable bonds is 5. The minimum atomic E-state index is 0.419. The number of hydrogen-bond donors (Lipinski definition) is 1. The van der Waals surface area contributed by atoms with E-state index >= 15 is 0 Å². The Morgan fingerprint density at radius 3 is 2.37 bits per heavy atom. The van der Waals surface area contributed by atoms with Crippen molar-refractivity contribution in [3.8, 4) is 0 Å². The Bertz CT molecular complexity index is 258. The van der Waals surface area contributed by atoms with Gasteiger partial charge in [0.15, 0.2) is 0 Å². The molecule has 3 unspecified atom stereocenters. The Kier molecular flexibility index (Phi) is 5.70. The SMILES string of the molecule is CCC1CCC(N)C(N(CC(C)C)C2CCCC2)C1. The fourth-order valence-corrected chi connectivity index (χ4v) is 4.22. The van der Waals surface area contributed by atoms with Crippen molar-refractivity contribution in [1.82, 2.24) is 4.90 Å². The summed E-state index contributed by atoms with van der Waals surface area (Å²) in [5, 5.41) is 0. The van der Waals surface area contributed by atoms with Crippen LogP contribution in [-0.2, 0) is 0 Å². The van der Waals surface area contributed by atoms with Crippen LogP contribution in [0.4, 0.5) is 0 Å². The first-order chi connectivity index (χ1) is 9.11. The van der Waals surface area contributed by atoms with Crippen LogP contribution in [0.25, 0.3) is 0 Å². The lowest BCUT2D eigenvalue weighted by molar-refractivity contribution is 0.0610. The first-order valence-corrected chi connectivity index (χ1v) is 8.63. The zero-order valence-electron chi connectivity index (χ0n) is 13.3. The molecular weight excluding hydrogens is 232 g/mol. The maximum Gasteiger partial charge on any atom is 0.0252 e. The molecule has 2 nitrogen and oxygen atoms in total. The number of nitrogens with two attached hydrogens (primary N) is 1. The van der Waals surface area contributed by atoms with Crippen LogP contribution < -0.4 is 5.73 Å².